The monoisotopic (exact) mass is 293 g/mol. The van der Waals surface area contributed by atoms with Crippen LogP contribution in [-0.4, -0.2) is 14.7 Å². The average Bonchev–Trinajstić information content (AvgIpc) is 2.40. The van der Waals surface area contributed by atoms with Crippen LogP contribution < -0.4 is 5.32 Å². The molecule has 0 aromatic heterocycles. The van der Waals surface area contributed by atoms with Gasteiger partial charge in [-0.1, -0.05) is 12.1 Å². The molecule has 0 aliphatic rings. The summed E-state index contributed by atoms with van der Waals surface area (Å²) in [5.41, 5.74) is 2.40. The standard InChI is InChI=1S/C15H16FNO2S/c1-11-9-12(3-8-15(11)16)10-17-13-4-6-14(7-5-13)20(2,18)19/h3-9,17H,10H2,1-2H3. The zero-order valence-corrected chi connectivity index (χ0v) is 12.2. The van der Waals surface area contributed by atoms with E-state index in [9.17, 15) is 12.8 Å². The highest BCUT2D eigenvalue weighted by molar-refractivity contribution is 7.90. The minimum atomic E-state index is -3.17. The average molecular weight is 293 g/mol. The topological polar surface area (TPSA) is 46.2 Å². The van der Waals surface area contributed by atoms with Crippen molar-refractivity contribution in [2.45, 2.75) is 18.4 Å². The van der Waals surface area contributed by atoms with Crippen molar-refractivity contribution in [2.24, 2.45) is 0 Å². The first-order valence-corrected chi connectivity index (χ1v) is 8.04. The Morgan fingerprint density at radius 2 is 1.75 bits per heavy atom. The molecule has 2 aromatic rings. The molecule has 0 saturated heterocycles. The van der Waals surface area contributed by atoms with E-state index in [-0.39, 0.29) is 5.82 Å². The molecule has 1 N–H and O–H groups in total. The van der Waals surface area contributed by atoms with Gasteiger partial charge in [0.25, 0.3) is 0 Å². The van der Waals surface area contributed by atoms with Gasteiger partial charge in [-0.25, -0.2) is 12.8 Å². The summed E-state index contributed by atoms with van der Waals surface area (Å²) in [6.45, 7) is 2.28. The normalized spacial score (nSPS) is 11.3. The Labute approximate surface area is 118 Å². The Kier molecular flexibility index (Phi) is 4.09. The third kappa shape index (κ3) is 3.57. The molecule has 0 bridgehead atoms. The molecule has 0 saturated carbocycles. The van der Waals surface area contributed by atoms with Gasteiger partial charge in [-0.2, -0.15) is 0 Å². The summed E-state index contributed by atoms with van der Waals surface area (Å²) >= 11 is 0. The third-order valence-corrected chi connectivity index (χ3v) is 4.13. The van der Waals surface area contributed by atoms with Gasteiger partial charge in [0, 0.05) is 18.5 Å². The number of rotatable bonds is 4. The summed E-state index contributed by atoms with van der Waals surface area (Å²) in [5.74, 6) is -0.216. The fraction of sp³-hybridized carbons (Fsp3) is 0.200. The maximum absolute atomic E-state index is 13.1. The molecule has 0 heterocycles. The number of benzene rings is 2. The van der Waals surface area contributed by atoms with E-state index < -0.39 is 9.84 Å². The van der Waals surface area contributed by atoms with Gasteiger partial charge in [-0.3, -0.25) is 0 Å². The van der Waals surface area contributed by atoms with Crippen LogP contribution >= 0.6 is 0 Å². The second kappa shape index (κ2) is 5.63. The van der Waals surface area contributed by atoms with E-state index in [2.05, 4.69) is 5.32 Å². The second-order valence-corrected chi connectivity index (χ2v) is 6.75. The van der Waals surface area contributed by atoms with Gasteiger partial charge < -0.3 is 5.32 Å². The summed E-state index contributed by atoms with van der Waals surface area (Å²) in [6, 6.07) is 11.5. The van der Waals surface area contributed by atoms with Crippen LogP contribution in [0.4, 0.5) is 10.1 Å². The first kappa shape index (κ1) is 14.5. The summed E-state index contributed by atoms with van der Waals surface area (Å²) in [4.78, 5) is 0.292. The van der Waals surface area contributed by atoms with Crippen molar-refractivity contribution in [1.29, 1.82) is 0 Å². The zero-order chi connectivity index (χ0) is 14.8. The Morgan fingerprint density at radius 3 is 2.30 bits per heavy atom. The van der Waals surface area contributed by atoms with Gasteiger partial charge in [-0.15, -0.1) is 0 Å². The van der Waals surface area contributed by atoms with E-state index in [4.69, 9.17) is 0 Å². The van der Waals surface area contributed by atoms with E-state index in [0.717, 1.165) is 11.3 Å². The Balaban J connectivity index is 2.06. The predicted molar refractivity (Wildman–Crippen MR) is 78.0 cm³/mol. The molecule has 0 atom stereocenters. The van der Waals surface area contributed by atoms with Crippen LogP contribution in [-0.2, 0) is 16.4 Å². The molecule has 0 spiro atoms. The quantitative estimate of drug-likeness (QED) is 0.942. The molecule has 106 valence electrons. The number of nitrogens with one attached hydrogen (secondary N) is 1. The van der Waals surface area contributed by atoms with Crippen molar-refractivity contribution in [2.75, 3.05) is 11.6 Å². The fourth-order valence-electron chi connectivity index (χ4n) is 1.84. The lowest BCUT2D eigenvalue weighted by Crippen LogP contribution is -2.01. The van der Waals surface area contributed by atoms with Crippen LogP contribution in [0.25, 0.3) is 0 Å². The minimum absolute atomic E-state index is 0.216. The number of halogens is 1. The minimum Gasteiger partial charge on any atom is -0.381 e. The predicted octanol–water partition coefficient (Wildman–Crippen LogP) is 3.15. The maximum atomic E-state index is 13.1. The van der Waals surface area contributed by atoms with Crippen molar-refractivity contribution in [3.8, 4) is 0 Å². The van der Waals surface area contributed by atoms with Crippen molar-refractivity contribution in [1.82, 2.24) is 0 Å². The molecule has 0 aliphatic heterocycles. The first-order chi connectivity index (χ1) is 9.36. The van der Waals surface area contributed by atoms with Gasteiger partial charge >= 0.3 is 0 Å². The molecule has 2 aromatic carbocycles. The van der Waals surface area contributed by atoms with Crippen LogP contribution in [0.2, 0.25) is 0 Å². The van der Waals surface area contributed by atoms with Crippen LogP contribution in [0.5, 0.6) is 0 Å². The van der Waals surface area contributed by atoms with Gasteiger partial charge in [0.1, 0.15) is 5.82 Å². The van der Waals surface area contributed by atoms with Crippen molar-refractivity contribution >= 4 is 15.5 Å². The molecule has 20 heavy (non-hydrogen) atoms. The molecular weight excluding hydrogens is 277 g/mol. The van der Waals surface area contributed by atoms with E-state index in [1.165, 1.54) is 12.3 Å². The lowest BCUT2D eigenvalue weighted by Gasteiger charge is -2.08. The highest BCUT2D eigenvalue weighted by Crippen LogP contribution is 2.15. The third-order valence-electron chi connectivity index (χ3n) is 3.00. The van der Waals surface area contributed by atoms with Crippen molar-refractivity contribution < 1.29 is 12.8 Å². The molecule has 3 nitrogen and oxygen atoms in total. The van der Waals surface area contributed by atoms with Gasteiger partial charge in [0.05, 0.1) is 4.90 Å². The summed E-state index contributed by atoms with van der Waals surface area (Å²) in [6.07, 6.45) is 1.18. The SMILES string of the molecule is Cc1cc(CNc2ccc(S(C)(=O)=O)cc2)ccc1F. The van der Waals surface area contributed by atoms with E-state index >= 15 is 0 Å². The second-order valence-electron chi connectivity index (χ2n) is 4.73. The number of hydrogen-bond donors (Lipinski definition) is 1. The zero-order valence-electron chi connectivity index (χ0n) is 11.4. The summed E-state index contributed by atoms with van der Waals surface area (Å²) in [7, 11) is -3.17. The van der Waals surface area contributed by atoms with Crippen LogP contribution in [0.1, 0.15) is 11.1 Å². The van der Waals surface area contributed by atoms with E-state index in [1.54, 1.807) is 43.3 Å². The Morgan fingerprint density at radius 1 is 1.10 bits per heavy atom. The van der Waals surface area contributed by atoms with Gasteiger partial charge in [0.15, 0.2) is 9.84 Å². The molecule has 0 radical (unpaired) electrons. The largest absolute Gasteiger partial charge is 0.381 e. The lowest BCUT2D eigenvalue weighted by molar-refractivity contribution is 0.602. The Hall–Kier alpha value is -1.88. The van der Waals surface area contributed by atoms with Crippen LogP contribution in [0.15, 0.2) is 47.4 Å². The number of hydrogen-bond acceptors (Lipinski definition) is 3. The highest BCUT2D eigenvalue weighted by Gasteiger charge is 2.06. The molecule has 0 amide bonds. The van der Waals surface area contributed by atoms with E-state index in [1.807, 2.05) is 0 Å². The smallest absolute Gasteiger partial charge is 0.175 e. The fourth-order valence-corrected chi connectivity index (χ4v) is 2.47. The first-order valence-electron chi connectivity index (χ1n) is 6.15. The highest BCUT2D eigenvalue weighted by atomic mass is 32.2. The Bertz CT molecular complexity index is 709. The van der Waals surface area contributed by atoms with Gasteiger partial charge in [-0.05, 0) is 48.4 Å². The molecule has 5 heteroatoms. The summed E-state index contributed by atoms with van der Waals surface area (Å²) < 4.78 is 35.8. The number of aryl methyl sites for hydroxylation is 1. The van der Waals surface area contributed by atoms with Crippen molar-refractivity contribution in [3.05, 3.63) is 59.4 Å². The van der Waals surface area contributed by atoms with Crippen LogP contribution in [0.3, 0.4) is 0 Å². The van der Waals surface area contributed by atoms with Crippen molar-refractivity contribution in [3.63, 3.8) is 0 Å². The van der Waals surface area contributed by atoms with E-state index in [0.29, 0.717) is 17.0 Å². The number of sulfone groups is 1. The molecular formula is C15H16FNO2S. The molecule has 0 aliphatic carbocycles. The van der Waals surface area contributed by atoms with Gasteiger partial charge in [0.2, 0.25) is 0 Å². The summed E-state index contributed by atoms with van der Waals surface area (Å²) in [5, 5.41) is 3.17. The lowest BCUT2D eigenvalue weighted by atomic mass is 10.1. The molecule has 0 fully saturated rings. The van der Waals surface area contributed by atoms with Crippen LogP contribution in [0, 0.1) is 12.7 Å². The molecule has 2 rings (SSSR count). The maximum Gasteiger partial charge on any atom is 0.175 e. The number of anilines is 1. The molecule has 0 unspecified atom stereocenters.